The molecule has 114 valence electrons. The van der Waals surface area contributed by atoms with Gasteiger partial charge in [-0.1, -0.05) is 23.7 Å². The van der Waals surface area contributed by atoms with Crippen molar-refractivity contribution in [2.75, 3.05) is 7.05 Å². The van der Waals surface area contributed by atoms with Gasteiger partial charge in [-0.15, -0.1) is 0 Å². The van der Waals surface area contributed by atoms with E-state index in [0.29, 0.717) is 24.3 Å². The molecule has 1 N–H and O–H groups in total. The third-order valence-corrected chi connectivity index (χ3v) is 4.63. The quantitative estimate of drug-likeness (QED) is 0.927. The minimum Gasteiger partial charge on any atom is -0.481 e. The monoisotopic (exact) mass is 309 g/mol. The summed E-state index contributed by atoms with van der Waals surface area (Å²) in [7, 11) is 1.77. The number of nitrogens with zero attached hydrogens (tertiary/aromatic N) is 1. The predicted molar refractivity (Wildman–Crippen MR) is 81.1 cm³/mol. The second-order valence-corrected chi connectivity index (χ2v) is 6.16. The van der Waals surface area contributed by atoms with Gasteiger partial charge in [-0.3, -0.25) is 9.59 Å². The lowest BCUT2D eigenvalue weighted by atomic mass is 10.0. The highest BCUT2D eigenvalue weighted by Gasteiger charge is 2.36. The number of rotatable bonds is 4. The average Bonchev–Trinajstić information content (AvgIpc) is 2.95. The molecule has 0 radical (unpaired) electrons. The maximum Gasteiger partial charge on any atom is 0.306 e. The molecule has 1 amide bonds. The molecule has 2 rings (SSSR count). The zero-order chi connectivity index (χ0) is 15.6. The van der Waals surface area contributed by atoms with Gasteiger partial charge in [0.1, 0.15) is 0 Å². The second kappa shape index (κ2) is 6.48. The molecule has 1 aliphatic rings. The van der Waals surface area contributed by atoms with Crippen LogP contribution in [0.3, 0.4) is 0 Å². The minimum atomic E-state index is -0.796. The molecule has 0 saturated heterocycles. The van der Waals surface area contributed by atoms with Crippen LogP contribution in [0.25, 0.3) is 0 Å². The molecule has 5 heteroatoms. The zero-order valence-electron chi connectivity index (χ0n) is 12.3. The van der Waals surface area contributed by atoms with E-state index in [-0.39, 0.29) is 23.8 Å². The van der Waals surface area contributed by atoms with E-state index in [2.05, 4.69) is 0 Å². The first-order chi connectivity index (χ1) is 9.90. The largest absolute Gasteiger partial charge is 0.481 e. The number of carboxylic acid groups (broad SMARTS) is 1. The Kier molecular flexibility index (Phi) is 4.88. The summed E-state index contributed by atoms with van der Waals surface area (Å²) in [6.07, 6.45) is 1.69. The van der Waals surface area contributed by atoms with Gasteiger partial charge in [0.25, 0.3) is 0 Å². The van der Waals surface area contributed by atoms with Crippen molar-refractivity contribution in [1.82, 2.24) is 4.90 Å². The molecule has 21 heavy (non-hydrogen) atoms. The van der Waals surface area contributed by atoms with Gasteiger partial charge >= 0.3 is 5.97 Å². The molecule has 0 bridgehead atoms. The van der Waals surface area contributed by atoms with E-state index in [0.717, 1.165) is 5.56 Å². The summed E-state index contributed by atoms with van der Waals surface area (Å²) in [4.78, 5) is 25.2. The van der Waals surface area contributed by atoms with E-state index < -0.39 is 5.97 Å². The van der Waals surface area contributed by atoms with Gasteiger partial charge in [-0.05, 0) is 43.9 Å². The molecule has 1 fully saturated rings. The van der Waals surface area contributed by atoms with Crippen molar-refractivity contribution in [2.45, 2.75) is 32.2 Å². The van der Waals surface area contributed by atoms with Crippen LogP contribution in [-0.2, 0) is 9.59 Å². The molecule has 4 nitrogen and oxygen atoms in total. The molecular formula is C16H20ClNO3. The summed E-state index contributed by atoms with van der Waals surface area (Å²) in [5.41, 5.74) is 0.978. The van der Waals surface area contributed by atoms with Gasteiger partial charge in [0.2, 0.25) is 5.91 Å². The van der Waals surface area contributed by atoms with Crippen LogP contribution in [0.15, 0.2) is 24.3 Å². The number of aliphatic carboxylic acids is 1. The van der Waals surface area contributed by atoms with E-state index in [9.17, 15) is 9.59 Å². The van der Waals surface area contributed by atoms with Crippen LogP contribution in [0.4, 0.5) is 0 Å². The summed E-state index contributed by atoms with van der Waals surface area (Å²) >= 11 is 5.99. The fourth-order valence-electron chi connectivity index (χ4n) is 2.90. The normalized spacial score (nSPS) is 22.8. The Morgan fingerprint density at radius 2 is 2.00 bits per heavy atom. The van der Waals surface area contributed by atoms with Gasteiger partial charge in [0, 0.05) is 18.0 Å². The van der Waals surface area contributed by atoms with Crippen LogP contribution < -0.4 is 0 Å². The van der Waals surface area contributed by atoms with Gasteiger partial charge in [0.15, 0.2) is 0 Å². The summed E-state index contributed by atoms with van der Waals surface area (Å²) in [6, 6.07) is 7.37. The number of carbonyl (C=O) groups is 2. The summed E-state index contributed by atoms with van der Waals surface area (Å²) in [6.45, 7) is 1.95. The Balaban J connectivity index is 2.04. The predicted octanol–water partition coefficient (Wildman–Crippen LogP) is 3.36. The van der Waals surface area contributed by atoms with Crippen LogP contribution in [0, 0.1) is 11.8 Å². The number of benzene rings is 1. The Morgan fingerprint density at radius 1 is 1.33 bits per heavy atom. The van der Waals surface area contributed by atoms with Crippen LogP contribution in [-0.4, -0.2) is 28.9 Å². The molecule has 0 aromatic heterocycles. The molecule has 0 aliphatic heterocycles. The zero-order valence-corrected chi connectivity index (χ0v) is 13.0. The van der Waals surface area contributed by atoms with Crippen molar-refractivity contribution >= 4 is 23.5 Å². The van der Waals surface area contributed by atoms with E-state index >= 15 is 0 Å². The Bertz CT molecular complexity index is 546. The maximum atomic E-state index is 12.5. The number of hydrogen-bond acceptors (Lipinski definition) is 2. The molecular weight excluding hydrogens is 290 g/mol. The van der Waals surface area contributed by atoms with Crippen molar-refractivity contribution in [3.05, 3.63) is 34.9 Å². The maximum absolute atomic E-state index is 12.5. The van der Waals surface area contributed by atoms with Crippen molar-refractivity contribution < 1.29 is 14.7 Å². The average molecular weight is 310 g/mol. The Labute approximate surface area is 129 Å². The van der Waals surface area contributed by atoms with Gasteiger partial charge < -0.3 is 10.0 Å². The molecule has 1 aromatic carbocycles. The van der Waals surface area contributed by atoms with Crippen LogP contribution in [0.1, 0.15) is 37.8 Å². The van der Waals surface area contributed by atoms with Gasteiger partial charge in [-0.25, -0.2) is 0 Å². The molecule has 0 spiro atoms. The number of halogens is 1. The third-order valence-electron chi connectivity index (χ3n) is 4.39. The van der Waals surface area contributed by atoms with Crippen molar-refractivity contribution in [3.8, 4) is 0 Å². The smallest absolute Gasteiger partial charge is 0.306 e. The van der Waals surface area contributed by atoms with Crippen LogP contribution >= 0.6 is 11.6 Å². The highest BCUT2D eigenvalue weighted by atomic mass is 35.5. The summed E-state index contributed by atoms with van der Waals surface area (Å²) < 4.78 is 0. The number of carbonyl (C=O) groups excluding carboxylic acids is 1. The van der Waals surface area contributed by atoms with E-state index in [1.54, 1.807) is 18.0 Å². The van der Waals surface area contributed by atoms with Crippen LogP contribution in [0.5, 0.6) is 0 Å². The first-order valence-electron chi connectivity index (χ1n) is 7.15. The molecule has 1 aliphatic carbocycles. The Morgan fingerprint density at radius 3 is 2.57 bits per heavy atom. The van der Waals surface area contributed by atoms with E-state index in [4.69, 9.17) is 16.7 Å². The SMILES string of the molecule is CC(c1cccc(Cl)c1)N(C)C(=O)C1CCC(C(=O)O)C1. The Hall–Kier alpha value is -1.55. The molecule has 3 atom stereocenters. The topological polar surface area (TPSA) is 57.6 Å². The van der Waals surface area contributed by atoms with E-state index in [1.807, 2.05) is 25.1 Å². The third kappa shape index (κ3) is 3.56. The van der Waals surface area contributed by atoms with Gasteiger partial charge in [-0.2, -0.15) is 0 Å². The minimum absolute atomic E-state index is 0.0197. The number of hydrogen-bond donors (Lipinski definition) is 1. The number of carboxylic acids is 1. The van der Waals surface area contributed by atoms with Crippen molar-refractivity contribution in [2.24, 2.45) is 11.8 Å². The van der Waals surface area contributed by atoms with Crippen molar-refractivity contribution in [1.29, 1.82) is 0 Å². The fourth-order valence-corrected chi connectivity index (χ4v) is 3.10. The summed E-state index contributed by atoms with van der Waals surface area (Å²) in [5, 5.41) is 9.67. The first-order valence-corrected chi connectivity index (χ1v) is 7.53. The first kappa shape index (κ1) is 15.8. The second-order valence-electron chi connectivity index (χ2n) is 5.73. The highest BCUT2D eigenvalue weighted by molar-refractivity contribution is 6.30. The van der Waals surface area contributed by atoms with E-state index in [1.165, 1.54) is 0 Å². The lowest BCUT2D eigenvalue weighted by Crippen LogP contribution is -2.34. The van der Waals surface area contributed by atoms with Gasteiger partial charge in [0.05, 0.1) is 12.0 Å². The number of amides is 1. The molecule has 3 unspecified atom stereocenters. The lowest BCUT2D eigenvalue weighted by molar-refractivity contribution is -0.141. The summed E-state index contributed by atoms with van der Waals surface area (Å²) in [5.74, 6) is -1.34. The highest BCUT2D eigenvalue weighted by Crippen LogP contribution is 2.34. The lowest BCUT2D eigenvalue weighted by Gasteiger charge is -2.28. The molecule has 1 saturated carbocycles. The molecule has 0 heterocycles. The van der Waals surface area contributed by atoms with Crippen LogP contribution in [0.2, 0.25) is 5.02 Å². The fraction of sp³-hybridized carbons (Fsp3) is 0.500. The van der Waals surface area contributed by atoms with Crippen molar-refractivity contribution in [3.63, 3.8) is 0 Å². The standard InChI is InChI=1S/C16H20ClNO3/c1-10(11-4-3-5-14(17)9-11)18(2)15(19)12-6-7-13(8-12)16(20)21/h3-5,9-10,12-13H,6-8H2,1-2H3,(H,20,21). The molecule has 1 aromatic rings.